The van der Waals surface area contributed by atoms with Crippen LogP contribution in [0.25, 0.3) is 10.8 Å². The van der Waals surface area contributed by atoms with Crippen molar-refractivity contribution in [1.29, 1.82) is 0 Å². The van der Waals surface area contributed by atoms with Crippen LogP contribution in [0.5, 0.6) is 5.75 Å². The lowest BCUT2D eigenvalue weighted by molar-refractivity contribution is -0.121. The SMILES string of the molecule is COc1ccccc1CCC(=O)NC(C)c1ccc2ccccc2c1. The van der Waals surface area contributed by atoms with Gasteiger partial charge in [-0.25, -0.2) is 0 Å². The lowest BCUT2D eigenvalue weighted by atomic mass is 10.0. The van der Waals surface area contributed by atoms with E-state index in [1.165, 1.54) is 10.8 Å². The molecule has 1 N–H and O–H groups in total. The number of para-hydroxylation sites is 1. The second-order valence-electron chi connectivity index (χ2n) is 6.21. The van der Waals surface area contributed by atoms with E-state index in [-0.39, 0.29) is 11.9 Å². The highest BCUT2D eigenvalue weighted by molar-refractivity contribution is 5.83. The van der Waals surface area contributed by atoms with Crippen molar-refractivity contribution in [1.82, 2.24) is 5.32 Å². The van der Waals surface area contributed by atoms with Crippen molar-refractivity contribution >= 4 is 16.7 Å². The zero-order valence-corrected chi connectivity index (χ0v) is 14.7. The maximum absolute atomic E-state index is 12.3. The average Bonchev–Trinajstić information content (AvgIpc) is 2.66. The molecule has 3 aromatic carbocycles. The van der Waals surface area contributed by atoms with Gasteiger partial charge in [-0.2, -0.15) is 0 Å². The third-order valence-corrected chi connectivity index (χ3v) is 4.46. The monoisotopic (exact) mass is 333 g/mol. The average molecular weight is 333 g/mol. The van der Waals surface area contributed by atoms with Crippen LogP contribution >= 0.6 is 0 Å². The summed E-state index contributed by atoms with van der Waals surface area (Å²) in [6.07, 6.45) is 1.11. The van der Waals surface area contributed by atoms with E-state index in [1.807, 2.05) is 43.3 Å². The topological polar surface area (TPSA) is 38.3 Å². The Morgan fingerprint density at radius 3 is 2.52 bits per heavy atom. The predicted octanol–water partition coefficient (Wildman–Crippen LogP) is 4.66. The molecular weight excluding hydrogens is 310 g/mol. The van der Waals surface area contributed by atoms with Crippen molar-refractivity contribution in [2.24, 2.45) is 0 Å². The van der Waals surface area contributed by atoms with Gasteiger partial charge in [0.1, 0.15) is 5.75 Å². The molecule has 0 fully saturated rings. The van der Waals surface area contributed by atoms with Gasteiger partial charge in [0.05, 0.1) is 13.2 Å². The molecule has 0 bridgehead atoms. The Balaban J connectivity index is 1.61. The van der Waals surface area contributed by atoms with Gasteiger partial charge in [-0.3, -0.25) is 4.79 Å². The van der Waals surface area contributed by atoms with E-state index in [1.54, 1.807) is 7.11 Å². The molecular formula is C22H23NO2. The largest absolute Gasteiger partial charge is 0.496 e. The smallest absolute Gasteiger partial charge is 0.220 e. The molecule has 0 aliphatic heterocycles. The van der Waals surface area contributed by atoms with Crippen molar-refractivity contribution in [3.8, 4) is 5.75 Å². The summed E-state index contributed by atoms with van der Waals surface area (Å²) >= 11 is 0. The van der Waals surface area contributed by atoms with Crippen molar-refractivity contribution in [2.75, 3.05) is 7.11 Å². The Hall–Kier alpha value is -2.81. The third-order valence-electron chi connectivity index (χ3n) is 4.46. The number of carbonyl (C=O) groups is 1. The number of methoxy groups -OCH3 is 1. The van der Waals surface area contributed by atoms with Crippen LogP contribution in [0.15, 0.2) is 66.7 Å². The normalized spacial score (nSPS) is 11.9. The molecule has 0 aliphatic rings. The van der Waals surface area contributed by atoms with Crippen LogP contribution in [0.2, 0.25) is 0 Å². The van der Waals surface area contributed by atoms with Crippen molar-refractivity contribution in [3.05, 3.63) is 77.9 Å². The van der Waals surface area contributed by atoms with Gasteiger partial charge in [0.25, 0.3) is 0 Å². The minimum atomic E-state index is -0.0187. The van der Waals surface area contributed by atoms with Gasteiger partial charge in [-0.15, -0.1) is 0 Å². The fourth-order valence-electron chi connectivity index (χ4n) is 3.03. The van der Waals surface area contributed by atoms with Gasteiger partial charge in [-0.05, 0) is 47.4 Å². The molecule has 3 rings (SSSR count). The first-order chi connectivity index (χ1) is 12.2. The van der Waals surface area contributed by atoms with E-state index in [4.69, 9.17) is 4.74 Å². The van der Waals surface area contributed by atoms with E-state index >= 15 is 0 Å². The van der Waals surface area contributed by atoms with Crippen LogP contribution in [0.1, 0.15) is 30.5 Å². The van der Waals surface area contributed by atoms with Crippen molar-refractivity contribution < 1.29 is 9.53 Å². The molecule has 3 heteroatoms. The number of aryl methyl sites for hydroxylation is 1. The molecule has 3 aromatic rings. The summed E-state index contributed by atoms with van der Waals surface area (Å²) < 4.78 is 5.34. The number of fused-ring (bicyclic) bond motifs is 1. The summed E-state index contributed by atoms with van der Waals surface area (Å²) in [6, 6.07) is 22.4. The van der Waals surface area contributed by atoms with E-state index < -0.39 is 0 Å². The molecule has 128 valence electrons. The summed E-state index contributed by atoms with van der Waals surface area (Å²) in [6.45, 7) is 2.02. The van der Waals surface area contributed by atoms with Gasteiger partial charge in [0.2, 0.25) is 5.91 Å². The van der Waals surface area contributed by atoms with E-state index in [2.05, 4.69) is 35.6 Å². The summed E-state index contributed by atoms with van der Waals surface area (Å²) in [4.78, 5) is 12.3. The first-order valence-corrected chi connectivity index (χ1v) is 8.57. The standard InChI is InChI=1S/C22H23NO2/c1-16(19-12-11-17-7-3-4-9-20(17)15-19)23-22(24)14-13-18-8-5-6-10-21(18)25-2/h3-12,15-16H,13-14H2,1-2H3,(H,23,24). The van der Waals surface area contributed by atoms with E-state index in [0.29, 0.717) is 12.8 Å². The van der Waals surface area contributed by atoms with Crippen LogP contribution in [0.3, 0.4) is 0 Å². The summed E-state index contributed by atoms with van der Waals surface area (Å²) in [5, 5.41) is 5.49. The molecule has 0 saturated carbocycles. The number of carbonyl (C=O) groups excluding carboxylic acids is 1. The Morgan fingerprint density at radius 1 is 1.00 bits per heavy atom. The number of benzene rings is 3. The highest BCUT2D eigenvalue weighted by Gasteiger charge is 2.11. The van der Waals surface area contributed by atoms with Crippen LogP contribution in [-0.4, -0.2) is 13.0 Å². The molecule has 0 saturated heterocycles. The number of amides is 1. The number of hydrogen-bond acceptors (Lipinski definition) is 2. The molecule has 1 atom stereocenters. The molecule has 1 unspecified atom stereocenters. The summed E-state index contributed by atoms with van der Waals surface area (Å²) in [5.74, 6) is 0.879. The number of nitrogens with one attached hydrogen (secondary N) is 1. The van der Waals surface area contributed by atoms with Gasteiger partial charge in [-0.1, -0.05) is 54.6 Å². The molecule has 1 amide bonds. The van der Waals surface area contributed by atoms with Gasteiger partial charge < -0.3 is 10.1 Å². The lowest BCUT2D eigenvalue weighted by Crippen LogP contribution is -2.26. The Bertz CT molecular complexity index is 873. The highest BCUT2D eigenvalue weighted by Crippen LogP contribution is 2.21. The van der Waals surface area contributed by atoms with Crippen molar-refractivity contribution in [2.45, 2.75) is 25.8 Å². The second kappa shape index (κ2) is 7.84. The van der Waals surface area contributed by atoms with Gasteiger partial charge >= 0.3 is 0 Å². The summed E-state index contributed by atoms with van der Waals surface area (Å²) in [5.41, 5.74) is 2.17. The number of ether oxygens (including phenoxy) is 1. The molecule has 0 aromatic heterocycles. The zero-order chi connectivity index (χ0) is 17.6. The number of hydrogen-bond donors (Lipinski definition) is 1. The minimum absolute atomic E-state index is 0.0187. The molecule has 0 heterocycles. The molecule has 0 spiro atoms. The predicted molar refractivity (Wildman–Crippen MR) is 102 cm³/mol. The third kappa shape index (κ3) is 4.18. The Kier molecular flexibility index (Phi) is 5.34. The van der Waals surface area contributed by atoms with Crippen LogP contribution < -0.4 is 10.1 Å². The first-order valence-electron chi connectivity index (χ1n) is 8.57. The number of rotatable bonds is 6. The lowest BCUT2D eigenvalue weighted by Gasteiger charge is -2.15. The summed E-state index contributed by atoms with van der Waals surface area (Å²) in [7, 11) is 1.65. The molecule has 25 heavy (non-hydrogen) atoms. The van der Waals surface area contributed by atoms with Crippen molar-refractivity contribution in [3.63, 3.8) is 0 Å². The Morgan fingerprint density at radius 2 is 1.72 bits per heavy atom. The van der Waals surface area contributed by atoms with Crippen LogP contribution in [0, 0.1) is 0 Å². The zero-order valence-electron chi connectivity index (χ0n) is 14.7. The van der Waals surface area contributed by atoms with E-state index in [9.17, 15) is 4.79 Å². The fraction of sp³-hybridized carbons (Fsp3) is 0.227. The van der Waals surface area contributed by atoms with Crippen LogP contribution in [-0.2, 0) is 11.2 Å². The highest BCUT2D eigenvalue weighted by atomic mass is 16.5. The Labute approximate surface area is 148 Å². The van der Waals surface area contributed by atoms with Gasteiger partial charge in [0.15, 0.2) is 0 Å². The van der Waals surface area contributed by atoms with E-state index in [0.717, 1.165) is 16.9 Å². The maximum Gasteiger partial charge on any atom is 0.220 e. The molecule has 3 nitrogen and oxygen atoms in total. The van der Waals surface area contributed by atoms with Crippen LogP contribution in [0.4, 0.5) is 0 Å². The first kappa shape index (κ1) is 17.0. The quantitative estimate of drug-likeness (QED) is 0.712. The second-order valence-corrected chi connectivity index (χ2v) is 6.21. The fourth-order valence-corrected chi connectivity index (χ4v) is 3.03. The minimum Gasteiger partial charge on any atom is -0.496 e. The van der Waals surface area contributed by atoms with Gasteiger partial charge in [0, 0.05) is 6.42 Å². The molecule has 0 radical (unpaired) electrons. The maximum atomic E-state index is 12.3. The molecule has 0 aliphatic carbocycles.